The number of hydrogen-bond acceptors (Lipinski definition) is 5. The lowest BCUT2D eigenvalue weighted by Crippen LogP contribution is -2.30. The molecule has 0 aliphatic rings. The number of para-hydroxylation sites is 1. The molecule has 28 heavy (non-hydrogen) atoms. The smallest absolute Gasteiger partial charge is 0.195 e. The highest BCUT2D eigenvalue weighted by atomic mass is 127. The van der Waals surface area contributed by atoms with Crippen LogP contribution in [0.2, 0.25) is 0 Å². The number of aliphatic imine (C=N–C) groups is 1. The first-order valence-electron chi connectivity index (χ1n) is 8.65. The third-order valence-electron chi connectivity index (χ3n) is 3.88. The van der Waals surface area contributed by atoms with E-state index in [1.807, 2.05) is 43.3 Å². The van der Waals surface area contributed by atoms with Gasteiger partial charge in [-0.05, 0) is 25.1 Å². The molecule has 2 N–H and O–H groups in total. The van der Waals surface area contributed by atoms with Crippen molar-refractivity contribution in [3.8, 4) is 23.0 Å². The van der Waals surface area contributed by atoms with E-state index < -0.39 is 0 Å². The predicted octanol–water partition coefficient (Wildman–Crippen LogP) is 3.92. The van der Waals surface area contributed by atoms with Gasteiger partial charge in [0.15, 0.2) is 29.0 Å². The number of halogens is 1. The van der Waals surface area contributed by atoms with E-state index in [2.05, 4.69) is 15.6 Å². The zero-order valence-corrected chi connectivity index (χ0v) is 19.2. The van der Waals surface area contributed by atoms with Crippen molar-refractivity contribution < 1.29 is 18.9 Å². The van der Waals surface area contributed by atoms with Crippen LogP contribution in [0.15, 0.2) is 41.4 Å². The van der Waals surface area contributed by atoms with Crippen molar-refractivity contribution in [2.75, 3.05) is 40.3 Å². The van der Waals surface area contributed by atoms with E-state index in [4.69, 9.17) is 18.9 Å². The standard InChI is InChI=1S/C20H27N3O4.HI/c1-6-27-16-11-10-15(12-18(16)25-4)23-20(21-2)22-13-14-8-7-9-17(24-3)19(14)26-5;/h7-12H,6,13H2,1-5H3,(H2,21,22,23);1H. The third kappa shape index (κ3) is 6.08. The number of methoxy groups -OCH3 is 3. The molecule has 0 atom stereocenters. The van der Waals surface area contributed by atoms with Gasteiger partial charge >= 0.3 is 0 Å². The van der Waals surface area contributed by atoms with Crippen LogP contribution in [0, 0.1) is 0 Å². The average molecular weight is 501 g/mol. The van der Waals surface area contributed by atoms with Crippen molar-refractivity contribution in [1.29, 1.82) is 0 Å². The van der Waals surface area contributed by atoms with Crippen LogP contribution in [0.25, 0.3) is 0 Å². The SMILES string of the molecule is CCOc1ccc(NC(=NC)NCc2cccc(OC)c2OC)cc1OC.I. The summed E-state index contributed by atoms with van der Waals surface area (Å²) in [6, 6.07) is 11.4. The van der Waals surface area contributed by atoms with Crippen LogP contribution in [-0.2, 0) is 6.54 Å². The van der Waals surface area contributed by atoms with Crippen LogP contribution in [0.5, 0.6) is 23.0 Å². The second kappa shape index (κ2) is 12.2. The maximum absolute atomic E-state index is 5.54. The molecule has 0 aromatic heterocycles. The maximum atomic E-state index is 5.54. The van der Waals surface area contributed by atoms with Gasteiger partial charge in [-0.1, -0.05) is 12.1 Å². The highest BCUT2D eigenvalue weighted by Gasteiger charge is 2.11. The minimum atomic E-state index is 0. The summed E-state index contributed by atoms with van der Waals surface area (Å²) >= 11 is 0. The maximum Gasteiger partial charge on any atom is 0.195 e. The van der Waals surface area contributed by atoms with Gasteiger partial charge in [-0.25, -0.2) is 0 Å². The Bertz CT molecular complexity index is 784. The summed E-state index contributed by atoms with van der Waals surface area (Å²) in [6.45, 7) is 3.03. The Morgan fingerprint density at radius 2 is 1.71 bits per heavy atom. The summed E-state index contributed by atoms with van der Waals surface area (Å²) in [6.07, 6.45) is 0. The average Bonchev–Trinajstić information content (AvgIpc) is 2.71. The predicted molar refractivity (Wildman–Crippen MR) is 123 cm³/mol. The van der Waals surface area contributed by atoms with Gasteiger partial charge in [0.2, 0.25) is 0 Å². The normalized spacial score (nSPS) is 10.5. The van der Waals surface area contributed by atoms with Crippen LogP contribution in [-0.4, -0.2) is 40.9 Å². The van der Waals surface area contributed by atoms with Crippen molar-refractivity contribution in [3.63, 3.8) is 0 Å². The Labute approximate surface area is 183 Å². The molecule has 0 radical (unpaired) electrons. The van der Waals surface area contributed by atoms with E-state index in [1.165, 1.54) is 0 Å². The minimum absolute atomic E-state index is 0. The molecule has 0 aliphatic heterocycles. The van der Waals surface area contributed by atoms with Crippen LogP contribution in [0.4, 0.5) is 5.69 Å². The Morgan fingerprint density at radius 1 is 0.964 bits per heavy atom. The number of hydrogen-bond donors (Lipinski definition) is 2. The summed E-state index contributed by atoms with van der Waals surface area (Å²) in [5.74, 6) is 3.37. The second-order valence-corrected chi connectivity index (χ2v) is 5.50. The highest BCUT2D eigenvalue weighted by molar-refractivity contribution is 14.0. The Hall–Kier alpha value is -2.36. The van der Waals surface area contributed by atoms with Crippen LogP contribution >= 0.6 is 24.0 Å². The van der Waals surface area contributed by atoms with Crippen molar-refractivity contribution in [3.05, 3.63) is 42.0 Å². The van der Waals surface area contributed by atoms with Crippen molar-refractivity contribution in [2.24, 2.45) is 4.99 Å². The van der Waals surface area contributed by atoms with E-state index >= 15 is 0 Å². The first kappa shape index (κ1) is 23.7. The molecule has 0 saturated heterocycles. The molecule has 0 saturated carbocycles. The summed E-state index contributed by atoms with van der Waals surface area (Å²) < 4.78 is 21.7. The van der Waals surface area contributed by atoms with Gasteiger partial charge < -0.3 is 29.6 Å². The van der Waals surface area contributed by atoms with E-state index in [9.17, 15) is 0 Å². The van der Waals surface area contributed by atoms with E-state index in [-0.39, 0.29) is 24.0 Å². The zero-order chi connectivity index (χ0) is 19.6. The molecule has 2 aromatic rings. The van der Waals surface area contributed by atoms with Gasteiger partial charge in [0.25, 0.3) is 0 Å². The van der Waals surface area contributed by atoms with E-state index in [0.717, 1.165) is 11.3 Å². The van der Waals surface area contributed by atoms with Crippen LogP contribution in [0.3, 0.4) is 0 Å². The molecule has 154 valence electrons. The van der Waals surface area contributed by atoms with Crippen molar-refractivity contribution in [1.82, 2.24) is 5.32 Å². The van der Waals surface area contributed by atoms with Gasteiger partial charge in [0.05, 0.1) is 27.9 Å². The number of ether oxygens (including phenoxy) is 4. The van der Waals surface area contributed by atoms with Gasteiger partial charge in [0, 0.05) is 30.9 Å². The van der Waals surface area contributed by atoms with E-state index in [1.54, 1.807) is 28.4 Å². The lowest BCUT2D eigenvalue weighted by Gasteiger charge is -2.16. The molecule has 2 aromatic carbocycles. The fourth-order valence-electron chi connectivity index (χ4n) is 2.61. The largest absolute Gasteiger partial charge is 0.493 e. The summed E-state index contributed by atoms with van der Waals surface area (Å²) in [5, 5.41) is 6.51. The summed E-state index contributed by atoms with van der Waals surface area (Å²) in [4.78, 5) is 4.26. The molecule has 0 fully saturated rings. The summed E-state index contributed by atoms with van der Waals surface area (Å²) in [5.41, 5.74) is 1.80. The molecular formula is C20H28IN3O4. The molecule has 0 spiro atoms. The number of anilines is 1. The molecule has 0 unspecified atom stereocenters. The van der Waals surface area contributed by atoms with Crippen LogP contribution in [0.1, 0.15) is 12.5 Å². The fourth-order valence-corrected chi connectivity index (χ4v) is 2.61. The van der Waals surface area contributed by atoms with Gasteiger partial charge in [-0.3, -0.25) is 4.99 Å². The molecule has 2 rings (SSSR count). The lowest BCUT2D eigenvalue weighted by molar-refractivity contribution is 0.311. The summed E-state index contributed by atoms with van der Waals surface area (Å²) in [7, 11) is 6.57. The van der Waals surface area contributed by atoms with E-state index in [0.29, 0.717) is 42.1 Å². The fraction of sp³-hybridized carbons (Fsp3) is 0.350. The Kier molecular flexibility index (Phi) is 10.3. The number of rotatable bonds is 8. The first-order valence-corrected chi connectivity index (χ1v) is 8.65. The third-order valence-corrected chi connectivity index (χ3v) is 3.88. The quantitative estimate of drug-likeness (QED) is 0.325. The lowest BCUT2D eigenvalue weighted by atomic mass is 10.2. The Morgan fingerprint density at radius 3 is 2.32 bits per heavy atom. The second-order valence-electron chi connectivity index (χ2n) is 5.50. The number of nitrogens with one attached hydrogen (secondary N) is 2. The minimum Gasteiger partial charge on any atom is -0.493 e. The monoisotopic (exact) mass is 501 g/mol. The van der Waals surface area contributed by atoms with Gasteiger partial charge in [-0.2, -0.15) is 0 Å². The van der Waals surface area contributed by atoms with Gasteiger partial charge in [0.1, 0.15) is 0 Å². The molecule has 0 amide bonds. The first-order chi connectivity index (χ1) is 13.2. The highest BCUT2D eigenvalue weighted by Crippen LogP contribution is 2.31. The number of guanidine groups is 1. The molecular weight excluding hydrogens is 473 g/mol. The molecule has 0 bridgehead atoms. The molecule has 0 heterocycles. The molecule has 0 aliphatic carbocycles. The van der Waals surface area contributed by atoms with Crippen LogP contribution < -0.4 is 29.6 Å². The number of benzene rings is 2. The molecule has 8 heteroatoms. The number of nitrogens with zero attached hydrogens (tertiary/aromatic N) is 1. The van der Waals surface area contributed by atoms with Crippen molar-refractivity contribution in [2.45, 2.75) is 13.5 Å². The Balaban J connectivity index is 0.00000392. The molecule has 7 nitrogen and oxygen atoms in total. The van der Waals surface area contributed by atoms with Gasteiger partial charge in [-0.15, -0.1) is 24.0 Å². The van der Waals surface area contributed by atoms with Crippen molar-refractivity contribution >= 4 is 35.6 Å². The zero-order valence-electron chi connectivity index (χ0n) is 16.9. The topological polar surface area (TPSA) is 73.3 Å².